The summed E-state index contributed by atoms with van der Waals surface area (Å²) in [6.07, 6.45) is 0. The quantitative estimate of drug-likeness (QED) is 0.490. The lowest BCUT2D eigenvalue weighted by Gasteiger charge is -2.22. The fourth-order valence-corrected chi connectivity index (χ4v) is 4.45. The van der Waals surface area contributed by atoms with Crippen molar-refractivity contribution in [2.75, 3.05) is 0 Å². The van der Waals surface area contributed by atoms with Gasteiger partial charge in [-0.05, 0) is 68.4 Å². The molecule has 4 aromatic rings. The van der Waals surface area contributed by atoms with Gasteiger partial charge >= 0.3 is 7.69 Å². The predicted molar refractivity (Wildman–Crippen MR) is 117 cm³/mol. The molecule has 1 aliphatic rings. The van der Waals surface area contributed by atoms with Crippen LogP contribution in [0, 0.1) is 0 Å². The van der Waals surface area contributed by atoms with Crippen molar-refractivity contribution in [3.8, 4) is 28.0 Å². The van der Waals surface area contributed by atoms with E-state index in [1.165, 1.54) is 33.4 Å². The van der Waals surface area contributed by atoms with E-state index < -0.39 is 0 Å². The molecule has 1 aliphatic carbocycles. The number of rotatable bonds is 3. The molecule has 0 aliphatic heterocycles. The van der Waals surface area contributed by atoms with Gasteiger partial charge in [-0.25, -0.2) is 0 Å². The Kier molecular flexibility index (Phi) is 3.82. The van der Waals surface area contributed by atoms with Crippen LogP contribution in [-0.2, 0) is 5.41 Å². The summed E-state index contributed by atoms with van der Waals surface area (Å²) in [5.41, 5.74) is 7.93. The lowest BCUT2D eigenvalue weighted by atomic mass is 9.81. The fraction of sp³-hybridized carbons (Fsp3) is 0.120. The van der Waals surface area contributed by atoms with Crippen molar-refractivity contribution in [2.45, 2.75) is 19.3 Å². The summed E-state index contributed by atoms with van der Waals surface area (Å²) in [4.78, 5) is 0. The zero-order valence-corrected chi connectivity index (χ0v) is 16.1. The third-order valence-corrected chi connectivity index (χ3v) is 5.96. The van der Waals surface area contributed by atoms with Crippen LogP contribution in [0.3, 0.4) is 0 Å². The van der Waals surface area contributed by atoms with Crippen molar-refractivity contribution in [3.63, 3.8) is 0 Å². The molecule has 4 aromatic carbocycles. The van der Waals surface area contributed by atoms with Gasteiger partial charge in [0.2, 0.25) is 0 Å². The van der Waals surface area contributed by atoms with Crippen LogP contribution in [0.4, 0.5) is 0 Å². The van der Waals surface area contributed by atoms with Gasteiger partial charge in [0.25, 0.3) is 0 Å². The van der Waals surface area contributed by atoms with Gasteiger partial charge in [0.05, 0.1) is 0 Å². The maximum Gasteiger partial charge on any atom is 0.504 e. The Labute approximate surface area is 165 Å². The molecule has 0 spiro atoms. The second-order valence-electron chi connectivity index (χ2n) is 7.93. The minimum Gasteiger partial charge on any atom is -0.539 e. The van der Waals surface area contributed by atoms with Crippen LogP contribution in [0.15, 0.2) is 78.9 Å². The number of hydrogen-bond donors (Lipinski definition) is 1. The first kappa shape index (κ1) is 17.1. The highest BCUT2D eigenvalue weighted by Gasteiger charge is 2.35. The molecule has 0 bridgehead atoms. The summed E-state index contributed by atoms with van der Waals surface area (Å²) < 4.78 is 5.19. The van der Waals surface area contributed by atoms with E-state index in [1.54, 1.807) is 0 Å². The summed E-state index contributed by atoms with van der Waals surface area (Å²) in [6.45, 7) is 4.62. The highest BCUT2D eigenvalue weighted by Crippen LogP contribution is 2.49. The van der Waals surface area contributed by atoms with E-state index in [0.29, 0.717) is 5.75 Å². The Balaban J connectivity index is 1.60. The van der Waals surface area contributed by atoms with Gasteiger partial charge in [0.1, 0.15) is 5.75 Å². The monoisotopic (exact) mass is 364 g/mol. The van der Waals surface area contributed by atoms with E-state index in [2.05, 4.69) is 74.5 Å². The summed E-state index contributed by atoms with van der Waals surface area (Å²) in [5.74, 6) is 0.680. The van der Waals surface area contributed by atoms with Gasteiger partial charge in [-0.3, -0.25) is 0 Å². The molecule has 2 nitrogen and oxygen atoms in total. The van der Waals surface area contributed by atoms with E-state index in [-0.39, 0.29) is 13.1 Å². The normalized spacial score (nSPS) is 13.8. The molecular formula is C25H21BO2. The molecule has 0 atom stereocenters. The van der Waals surface area contributed by atoms with Crippen molar-refractivity contribution < 1.29 is 9.68 Å². The number of fused-ring (bicyclic) bond motifs is 4. The molecular weight excluding hydrogens is 343 g/mol. The van der Waals surface area contributed by atoms with Crippen LogP contribution in [0.1, 0.15) is 25.0 Å². The van der Waals surface area contributed by atoms with Crippen LogP contribution >= 0.6 is 0 Å². The summed E-state index contributed by atoms with van der Waals surface area (Å²) >= 11 is 0. The summed E-state index contributed by atoms with van der Waals surface area (Å²) in [6, 6.07) is 27.9. The first-order chi connectivity index (χ1) is 13.6. The second-order valence-corrected chi connectivity index (χ2v) is 7.93. The summed E-state index contributed by atoms with van der Waals surface area (Å²) in [5, 5.41) is 11.2. The standard InChI is InChI=1S/C25H21BO2/c1-25(2)23-6-4-3-5-21(23)22-12-10-19(15-24(22)25)16-7-8-18-14-20(28-26-27)11-9-17(18)13-16/h3-15,26-27H,1-2H3. The van der Waals surface area contributed by atoms with Gasteiger partial charge in [-0.1, -0.05) is 68.4 Å². The van der Waals surface area contributed by atoms with Crippen LogP contribution < -0.4 is 4.65 Å². The van der Waals surface area contributed by atoms with E-state index in [4.69, 9.17) is 9.68 Å². The predicted octanol–water partition coefficient (Wildman–Crippen LogP) is 5.45. The molecule has 0 saturated heterocycles. The fourth-order valence-electron chi connectivity index (χ4n) is 4.45. The minimum absolute atomic E-state index is 0.00925. The third kappa shape index (κ3) is 2.55. The maximum absolute atomic E-state index is 8.95. The van der Waals surface area contributed by atoms with Crippen LogP contribution in [0.2, 0.25) is 0 Å². The minimum atomic E-state index is -0.309. The molecule has 0 amide bonds. The lowest BCUT2D eigenvalue weighted by molar-refractivity contribution is 0.454. The van der Waals surface area contributed by atoms with Crippen LogP contribution in [0.5, 0.6) is 5.75 Å². The van der Waals surface area contributed by atoms with Crippen molar-refractivity contribution in [1.82, 2.24) is 0 Å². The maximum atomic E-state index is 8.95. The lowest BCUT2D eigenvalue weighted by Crippen LogP contribution is -2.14. The molecule has 0 heterocycles. The first-order valence-electron chi connectivity index (χ1n) is 9.60. The average Bonchev–Trinajstić information content (AvgIpc) is 2.95. The van der Waals surface area contributed by atoms with E-state index in [9.17, 15) is 0 Å². The van der Waals surface area contributed by atoms with Crippen LogP contribution in [0.25, 0.3) is 33.0 Å². The second kappa shape index (κ2) is 6.25. The van der Waals surface area contributed by atoms with Crippen molar-refractivity contribution >= 4 is 18.5 Å². The van der Waals surface area contributed by atoms with Gasteiger partial charge in [0.15, 0.2) is 0 Å². The van der Waals surface area contributed by atoms with E-state index >= 15 is 0 Å². The molecule has 3 heteroatoms. The average molecular weight is 364 g/mol. The third-order valence-electron chi connectivity index (χ3n) is 5.96. The van der Waals surface area contributed by atoms with Crippen molar-refractivity contribution in [3.05, 3.63) is 90.0 Å². The van der Waals surface area contributed by atoms with Crippen molar-refractivity contribution in [2.24, 2.45) is 0 Å². The Morgan fingerprint density at radius 3 is 2.25 bits per heavy atom. The van der Waals surface area contributed by atoms with Crippen molar-refractivity contribution in [1.29, 1.82) is 0 Å². The highest BCUT2D eigenvalue weighted by molar-refractivity contribution is 6.17. The van der Waals surface area contributed by atoms with Gasteiger partial charge < -0.3 is 9.68 Å². The zero-order chi connectivity index (χ0) is 19.3. The molecule has 1 N–H and O–H groups in total. The SMILES string of the molecule is CC1(C)c2ccccc2-c2ccc(-c3ccc4cc(OBO)ccc4c3)cc21. The number of hydrogen-bond acceptors (Lipinski definition) is 2. The molecule has 5 rings (SSSR count). The van der Waals surface area contributed by atoms with Crippen LogP contribution in [-0.4, -0.2) is 12.7 Å². The van der Waals surface area contributed by atoms with Gasteiger partial charge in [-0.15, -0.1) is 0 Å². The van der Waals surface area contributed by atoms with Gasteiger partial charge in [0, 0.05) is 5.41 Å². The Hall–Kier alpha value is -3.04. The molecule has 0 radical (unpaired) electrons. The largest absolute Gasteiger partial charge is 0.539 e. The Morgan fingerprint density at radius 1 is 0.714 bits per heavy atom. The van der Waals surface area contributed by atoms with Gasteiger partial charge in [-0.2, -0.15) is 0 Å². The molecule has 0 saturated carbocycles. The molecule has 0 unspecified atom stereocenters. The molecule has 28 heavy (non-hydrogen) atoms. The summed E-state index contributed by atoms with van der Waals surface area (Å²) in [7, 11) is -0.309. The Bertz CT molecular complexity index is 1210. The first-order valence-corrected chi connectivity index (χ1v) is 9.60. The molecule has 0 fully saturated rings. The topological polar surface area (TPSA) is 29.5 Å². The smallest absolute Gasteiger partial charge is 0.504 e. The zero-order valence-electron chi connectivity index (χ0n) is 16.1. The van der Waals surface area contributed by atoms with E-state index in [1.807, 2.05) is 18.2 Å². The highest BCUT2D eigenvalue weighted by atomic mass is 16.5. The Morgan fingerprint density at radius 2 is 1.39 bits per heavy atom. The van der Waals surface area contributed by atoms with E-state index in [0.717, 1.165) is 10.8 Å². The molecule has 136 valence electrons. The molecule has 0 aromatic heterocycles. The number of benzene rings is 4.